The second kappa shape index (κ2) is 8.26. The minimum atomic E-state index is -0.112. The minimum Gasteiger partial charge on any atom is -0.497 e. The molecule has 0 fully saturated rings. The van der Waals surface area contributed by atoms with Crippen molar-refractivity contribution in [2.45, 2.75) is 23.8 Å². The summed E-state index contributed by atoms with van der Waals surface area (Å²) in [5.74, 6) is 2.37. The van der Waals surface area contributed by atoms with Crippen molar-refractivity contribution in [3.05, 3.63) is 71.9 Å². The second-order valence-corrected chi connectivity index (χ2v) is 7.35. The van der Waals surface area contributed by atoms with Gasteiger partial charge in [0.2, 0.25) is 17.7 Å². The molecule has 0 N–H and O–H groups in total. The maximum absolute atomic E-state index is 5.78. The van der Waals surface area contributed by atoms with Gasteiger partial charge in [-0.15, -0.1) is 20.4 Å². The van der Waals surface area contributed by atoms with Gasteiger partial charge in [-0.1, -0.05) is 42.1 Å². The summed E-state index contributed by atoms with van der Waals surface area (Å²) in [4.78, 5) is 0. The number of rotatable bonds is 7. The molecule has 0 amide bonds. The van der Waals surface area contributed by atoms with Crippen LogP contribution in [0.25, 0.3) is 11.5 Å². The molecule has 1 atom stereocenters. The Bertz CT molecular complexity index is 1030. The van der Waals surface area contributed by atoms with Crippen LogP contribution >= 0.6 is 11.8 Å². The van der Waals surface area contributed by atoms with Gasteiger partial charge in [-0.3, -0.25) is 0 Å². The SMILES string of the molecule is COc1ccc(Cc2nnc(SC(C)c3nnc(-c4ccccc4)o3)o2)cc1. The van der Waals surface area contributed by atoms with E-state index in [4.69, 9.17) is 13.6 Å². The van der Waals surface area contributed by atoms with E-state index in [-0.39, 0.29) is 5.25 Å². The van der Waals surface area contributed by atoms with Gasteiger partial charge in [0, 0.05) is 5.56 Å². The zero-order valence-electron chi connectivity index (χ0n) is 15.4. The molecule has 0 saturated carbocycles. The van der Waals surface area contributed by atoms with Gasteiger partial charge in [-0.25, -0.2) is 0 Å². The summed E-state index contributed by atoms with van der Waals surface area (Å²) in [6.07, 6.45) is 0.560. The largest absolute Gasteiger partial charge is 0.497 e. The Morgan fingerprint density at radius 1 is 0.929 bits per heavy atom. The van der Waals surface area contributed by atoms with Gasteiger partial charge < -0.3 is 13.6 Å². The number of aromatic nitrogens is 4. The van der Waals surface area contributed by atoms with Crippen LogP contribution in [-0.2, 0) is 6.42 Å². The van der Waals surface area contributed by atoms with E-state index in [9.17, 15) is 0 Å². The molecular weight excluding hydrogens is 376 g/mol. The first kappa shape index (κ1) is 18.2. The van der Waals surface area contributed by atoms with E-state index in [1.54, 1.807) is 7.11 Å². The summed E-state index contributed by atoms with van der Waals surface area (Å²) in [6.45, 7) is 1.96. The lowest BCUT2D eigenvalue weighted by atomic mass is 10.1. The van der Waals surface area contributed by atoms with Crippen molar-refractivity contribution >= 4 is 11.8 Å². The number of hydrogen-bond donors (Lipinski definition) is 0. The predicted octanol–water partition coefficient (Wildman–Crippen LogP) is 4.57. The number of methoxy groups -OCH3 is 1. The zero-order chi connectivity index (χ0) is 19.3. The summed E-state index contributed by atoms with van der Waals surface area (Å²) in [5.41, 5.74) is 1.96. The highest BCUT2D eigenvalue weighted by molar-refractivity contribution is 7.99. The Balaban J connectivity index is 1.40. The van der Waals surface area contributed by atoms with Crippen LogP contribution in [0.3, 0.4) is 0 Å². The van der Waals surface area contributed by atoms with Crippen LogP contribution in [0, 0.1) is 0 Å². The average Bonchev–Trinajstić information content (AvgIpc) is 3.39. The maximum atomic E-state index is 5.78. The Kier molecular flexibility index (Phi) is 5.38. The van der Waals surface area contributed by atoms with E-state index >= 15 is 0 Å². The summed E-state index contributed by atoms with van der Waals surface area (Å²) in [6, 6.07) is 17.4. The molecular formula is C20H18N4O3S. The lowest BCUT2D eigenvalue weighted by molar-refractivity contribution is 0.413. The first-order chi connectivity index (χ1) is 13.7. The van der Waals surface area contributed by atoms with Crippen molar-refractivity contribution in [3.8, 4) is 17.2 Å². The van der Waals surface area contributed by atoms with Crippen molar-refractivity contribution in [3.63, 3.8) is 0 Å². The smallest absolute Gasteiger partial charge is 0.277 e. The number of thioether (sulfide) groups is 1. The van der Waals surface area contributed by atoms with Gasteiger partial charge in [0.15, 0.2) is 0 Å². The molecule has 0 bridgehead atoms. The molecule has 0 aliphatic heterocycles. The molecule has 0 saturated heterocycles. The molecule has 0 aliphatic carbocycles. The molecule has 1 unspecified atom stereocenters. The number of ether oxygens (including phenoxy) is 1. The first-order valence-electron chi connectivity index (χ1n) is 8.72. The number of benzene rings is 2. The van der Waals surface area contributed by atoms with Crippen LogP contribution in [0.1, 0.15) is 29.5 Å². The monoisotopic (exact) mass is 394 g/mol. The van der Waals surface area contributed by atoms with Crippen LogP contribution in [0.4, 0.5) is 0 Å². The molecule has 2 aromatic heterocycles. The van der Waals surface area contributed by atoms with Gasteiger partial charge >= 0.3 is 0 Å². The van der Waals surface area contributed by atoms with Crippen LogP contribution in [-0.4, -0.2) is 27.5 Å². The van der Waals surface area contributed by atoms with E-state index in [1.807, 2.05) is 61.5 Å². The van der Waals surface area contributed by atoms with Crippen molar-refractivity contribution in [2.75, 3.05) is 7.11 Å². The molecule has 0 radical (unpaired) electrons. The van der Waals surface area contributed by atoms with E-state index in [2.05, 4.69) is 20.4 Å². The summed E-state index contributed by atoms with van der Waals surface area (Å²) >= 11 is 1.39. The first-order valence-corrected chi connectivity index (χ1v) is 9.60. The van der Waals surface area contributed by atoms with Crippen LogP contribution in [0.2, 0.25) is 0 Å². The minimum absolute atomic E-state index is 0.112. The highest BCUT2D eigenvalue weighted by atomic mass is 32.2. The molecule has 142 valence electrons. The predicted molar refractivity (Wildman–Crippen MR) is 104 cm³/mol. The van der Waals surface area contributed by atoms with Crippen molar-refractivity contribution in [1.29, 1.82) is 0 Å². The summed E-state index contributed by atoms with van der Waals surface area (Å²) in [7, 11) is 1.64. The van der Waals surface area contributed by atoms with Crippen molar-refractivity contribution in [1.82, 2.24) is 20.4 Å². The topological polar surface area (TPSA) is 87.1 Å². The molecule has 8 heteroatoms. The average molecular weight is 394 g/mol. The molecule has 0 aliphatic rings. The third-order valence-electron chi connectivity index (χ3n) is 4.05. The summed E-state index contributed by atoms with van der Waals surface area (Å²) < 4.78 is 16.7. The third kappa shape index (κ3) is 4.23. The van der Waals surface area contributed by atoms with Gasteiger partial charge in [-0.2, -0.15) is 0 Å². The van der Waals surface area contributed by atoms with Gasteiger partial charge in [0.05, 0.1) is 18.8 Å². The van der Waals surface area contributed by atoms with Crippen LogP contribution in [0.15, 0.2) is 68.7 Å². The number of hydrogen-bond acceptors (Lipinski definition) is 8. The Morgan fingerprint density at radius 3 is 2.46 bits per heavy atom. The summed E-state index contributed by atoms with van der Waals surface area (Å²) in [5, 5.41) is 16.8. The second-order valence-electron chi connectivity index (χ2n) is 6.06. The quantitative estimate of drug-likeness (QED) is 0.421. The molecule has 28 heavy (non-hydrogen) atoms. The van der Waals surface area contributed by atoms with Crippen LogP contribution in [0.5, 0.6) is 5.75 Å². The number of nitrogens with zero attached hydrogens (tertiary/aromatic N) is 4. The molecule has 0 spiro atoms. The van der Waals surface area contributed by atoms with E-state index in [0.717, 1.165) is 16.9 Å². The lowest BCUT2D eigenvalue weighted by Gasteiger charge is -2.02. The fourth-order valence-electron chi connectivity index (χ4n) is 2.57. The Hall–Kier alpha value is -3.13. The molecule has 4 aromatic rings. The van der Waals surface area contributed by atoms with Crippen molar-refractivity contribution in [2.24, 2.45) is 0 Å². The highest BCUT2D eigenvalue weighted by Gasteiger charge is 2.19. The fraction of sp³-hybridized carbons (Fsp3) is 0.200. The van der Waals surface area contributed by atoms with Gasteiger partial charge in [-0.05, 0) is 36.8 Å². The Labute approximate surface area is 166 Å². The maximum Gasteiger partial charge on any atom is 0.277 e. The third-order valence-corrected chi connectivity index (χ3v) is 4.97. The van der Waals surface area contributed by atoms with Crippen LogP contribution < -0.4 is 4.74 Å². The van der Waals surface area contributed by atoms with Crippen molar-refractivity contribution < 1.29 is 13.6 Å². The van der Waals surface area contributed by atoms with Gasteiger partial charge in [0.25, 0.3) is 5.22 Å². The fourth-order valence-corrected chi connectivity index (χ4v) is 3.30. The van der Waals surface area contributed by atoms with E-state index in [1.165, 1.54) is 11.8 Å². The molecule has 4 rings (SSSR count). The molecule has 2 heterocycles. The zero-order valence-corrected chi connectivity index (χ0v) is 16.2. The molecule has 2 aromatic carbocycles. The highest BCUT2D eigenvalue weighted by Crippen LogP contribution is 2.34. The van der Waals surface area contributed by atoms with E-state index in [0.29, 0.717) is 29.3 Å². The Morgan fingerprint density at radius 2 is 1.71 bits per heavy atom. The normalized spacial score (nSPS) is 12.1. The molecule has 7 nitrogen and oxygen atoms in total. The standard InChI is InChI=1S/C20H18N4O3S/c1-13(18-22-23-19(27-18)15-6-4-3-5-7-15)28-20-24-21-17(26-20)12-14-8-10-16(25-2)11-9-14/h3-11,13H,12H2,1-2H3. The van der Waals surface area contributed by atoms with E-state index < -0.39 is 0 Å². The lowest BCUT2D eigenvalue weighted by Crippen LogP contribution is -1.89. The van der Waals surface area contributed by atoms with Gasteiger partial charge in [0.1, 0.15) is 5.75 Å².